The van der Waals surface area contributed by atoms with Gasteiger partial charge < -0.3 is 19.0 Å². The number of hydrogen-bond acceptors (Lipinski definition) is 6. The van der Waals surface area contributed by atoms with Gasteiger partial charge >= 0.3 is 5.97 Å². The van der Waals surface area contributed by atoms with Crippen LogP contribution < -0.4 is 4.74 Å². The van der Waals surface area contributed by atoms with Gasteiger partial charge in [-0.15, -0.1) is 0 Å². The van der Waals surface area contributed by atoms with Gasteiger partial charge in [0.15, 0.2) is 0 Å². The third-order valence-corrected chi connectivity index (χ3v) is 3.42. The Morgan fingerprint density at radius 3 is 2.57 bits per heavy atom. The molecular formula is C17H21NO5. The van der Waals surface area contributed by atoms with Crippen molar-refractivity contribution in [2.24, 2.45) is 5.16 Å². The zero-order valence-corrected chi connectivity index (χ0v) is 13.6. The van der Waals surface area contributed by atoms with Gasteiger partial charge in [-0.1, -0.05) is 5.16 Å². The first-order valence-corrected chi connectivity index (χ1v) is 7.35. The van der Waals surface area contributed by atoms with Crippen LogP contribution in [0.25, 0.3) is 0 Å². The molecule has 23 heavy (non-hydrogen) atoms. The second-order valence-electron chi connectivity index (χ2n) is 5.25. The Morgan fingerprint density at radius 1 is 1.26 bits per heavy atom. The number of rotatable bonds is 7. The number of methoxy groups -OCH3 is 1. The van der Waals surface area contributed by atoms with E-state index in [0.717, 1.165) is 11.3 Å². The van der Waals surface area contributed by atoms with Crippen molar-refractivity contribution < 1.29 is 23.8 Å². The number of hydrogen-bond donors (Lipinski definition) is 0. The molecule has 1 aromatic rings. The number of nitrogens with zero attached hydrogens (tertiary/aromatic N) is 1. The van der Waals surface area contributed by atoms with Gasteiger partial charge in [-0.05, 0) is 35.9 Å². The van der Waals surface area contributed by atoms with E-state index in [1.807, 2.05) is 30.3 Å². The SMILES string of the molecule is CO/N=C(\CCC(=O)OC1(C)CC=CO1)c1ccc(OC)cc1. The van der Waals surface area contributed by atoms with Gasteiger partial charge in [0, 0.05) is 19.8 Å². The largest absolute Gasteiger partial charge is 0.497 e. The second kappa shape index (κ2) is 7.67. The fraction of sp³-hybridized carbons (Fsp3) is 0.412. The monoisotopic (exact) mass is 319 g/mol. The van der Waals surface area contributed by atoms with E-state index in [2.05, 4.69) is 5.16 Å². The van der Waals surface area contributed by atoms with Crippen molar-refractivity contribution in [1.82, 2.24) is 0 Å². The van der Waals surface area contributed by atoms with E-state index >= 15 is 0 Å². The van der Waals surface area contributed by atoms with Crippen LogP contribution in [0.15, 0.2) is 41.8 Å². The highest BCUT2D eigenvalue weighted by Crippen LogP contribution is 2.25. The van der Waals surface area contributed by atoms with Crippen molar-refractivity contribution in [3.63, 3.8) is 0 Å². The van der Waals surface area contributed by atoms with Crippen LogP contribution in [0.2, 0.25) is 0 Å². The summed E-state index contributed by atoms with van der Waals surface area (Å²) in [5, 5.41) is 4.00. The van der Waals surface area contributed by atoms with E-state index in [4.69, 9.17) is 19.0 Å². The molecule has 6 heteroatoms. The van der Waals surface area contributed by atoms with Crippen LogP contribution in [-0.4, -0.2) is 31.7 Å². The predicted molar refractivity (Wildman–Crippen MR) is 85.1 cm³/mol. The molecule has 6 nitrogen and oxygen atoms in total. The van der Waals surface area contributed by atoms with E-state index in [-0.39, 0.29) is 12.4 Å². The number of carbonyl (C=O) groups excluding carboxylic acids is 1. The van der Waals surface area contributed by atoms with Crippen LogP contribution >= 0.6 is 0 Å². The van der Waals surface area contributed by atoms with Crippen molar-refractivity contribution in [2.45, 2.75) is 32.0 Å². The maximum absolute atomic E-state index is 12.0. The highest BCUT2D eigenvalue weighted by molar-refractivity contribution is 6.01. The van der Waals surface area contributed by atoms with Crippen LogP contribution in [0, 0.1) is 0 Å². The fourth-order valence-electron chi connectivity index (χ4n) is 2.22. The van der Waals surface area contributed by atoms with E-state index in [1.54, 1.807) is 20.3 Å². The molecule has 1 atom stereocenters. The van der Waals surface area contributed by atoms with E-state index in [1.165, 1.54) is 7.11 Å². The normalized spacial score (nSPS) is 20.0. The molecule has 0 N–H and O–H groups in total. The Labute approximate surface area is 135 Å². The Kier molecular flexibility index (Phi) is 5.62. The molecule has 0 spiro atoms. The molecule has 1 aromatic carbocycles. The molecule has 0 radical (unpaired) electrons. The molecule has 1 aliphatic heterocycles. The van der Waals surface area contributed by atoms with E-state index in [9.17, 15) is 4.79 Å². The molecular weight excluding hydrogens is 298 g/mol. The van der Waals surface area contributed by atoms with Gasteiger partial charge in [-0.2, -0.15) is 0 Å². The van der Waals surface area contributed by atoms with Crippen LogP contribution in [0.4, 0.5) is 0 Å². The zero-order valence-electron chi connectivity index (χ0n) is 13.6. The molecule has 0 bridgehead atoms. The number of oxime groups is 1. The third-order valence-electron chi connectivity index (χ3n) is 3.42. The summed E-state index contributed by atoms with van der Waals surface area (Å²) in [6.07, 6.45) is 4.51. The van der Waals surface area contributed by atoms with Crippen LogP contribution in [0.1, 0.15) is 31.7 Å². The Balaban J connectivity index is 1.94. The summed E-state index contributed by atoms with van der Waals surface area (Å²) in [6.45, 7) is 1.73. The molecule has 1 unspecified atom stereocenters. The van der Waals surface area contributed by atoms with E-state index in [0.29, 0.717) is 18.6 Å². The first-order valence-electron chi connectivity index (χ1n) is 7.35. The van der Waals surface area contributed by atoms with Gasteiger partial charge in [0.1, 0.15) is 12.9 Å². The molecule has 1 aliphatic rings. The van der Waals surface area contributed by atoms with Gasteiger partial charge in [0.2, 0.25) is 0 Å². The fourth-order valence-corrected chi connectivity index (χ4v) is 2.22. The lowest BCUT2D eigenvalue weighted by atomic mass is 10.1. The molecule has 1 heterocycles. The minimum absolute atomic E-state index is 0.188. The first kappa shape index (κ1) is 16.9. The summed E-state index contributed by atoms with van der Waals surface area (Å²) in [5.41, 5.74) is 1.54. The lowest BCUT2D eigenvalue weighted by Crippen LogP contribution is -2.30. The number of benzene rings is 1. The standard InChI is InChI=1S/C17H21NO5/c1-17(11-4-12-22-17)23-16(19)10-9-15(18-21-3)13-5-7-14(20-2)8-6-13/h4-8,12H,9-11H2,1-3H3/b18-15+. The first-order chi connectivity index (χ1) is 11.1. The lowest BCUT2D eigenvalue weighted by Gasteiger charge is -2.23. The van der Waals surface area contributed by atoms with Gasteiger partial charge in [-0.3, -0.25) is 4.79 Å². The maximum atomic E-state index is 12.0. The predicted octanol–water partition coefficient (Wildman–Crippen LogP) is 3.02. The number of ether oxygens (including phenoxy) is 3. The summed E-state index contributed by atoms with van der Waals surface area (Å²) in [6, 6.07) is 7.40. The Hall–Kier alpha value is -2.50. The second-order valence-corrected chi connectivity index (χ2v) is 5.25. The minimum atomic E-state index is -0.893. The molecule has 124 valence electrons. The van der Waals surface area contributed by atoms with Crippen molar-refractivity contribution >= 4 is 11.7 Å². The lowest BCUT2D eigenvalue weighted by molar-refractivity contribution is -0.197. The number of esters is 1. The molecule has 0 aromatic heterocycles. The summed E-state index contributed by atoms with van der Waals surface area (Å²) in [5.74, 6) is -0.479. The molecule has 0 fully saturated rings. The van der Waals surface area contributed by atoms with Crippen LogP contribution in [0.5, 0.6) is 5.75 Å². The smallest absolute Gasteiger partial charge is 0.309 e. The highest BCUT2D eigenvalue weighted by Gasteiger charge is 2.31. The number of carbonyl (C=O) groups is 1. The maximum Gasteiger partial charge on any atom is 0.309 e. The average Bonchev–Trinajstić information content (AvgIpc) is 2.97. The van der Waals surface area contributed by atoms with Crippen molar-refractivity contribution in [3.8, 4) is 5.75 Å². The Morgan fingerprint density at radius 2 is 2.00 bits per heavy atom. The zero-order chi connectivity index (χ0) is 16.7. The van der Waals surface area contributed by atoms with Crippen molar-refractivity contribution in [1.29, 1.82) is 0 Å². The van der Waals surface area contributed by atoms with Gasteiger partial charge in [0.05, 0.1) is 25.5 Å². The van der Waals surface area contributed by atoms with Crippen LogP contribution in [0.3, 0.4) is 0 Å². The summed E-state index contributed by atoms with van der Waals surface area (Å²) >= 11 is 0. The summed E-state index contributed by atoms with van der Waals surface area (Å²) in [7, 11) is 3.08. The average molecular weight is 319 g/mol. The summed E-state index contributed by atoms with van der Waals surface area (Å²) < 4.78 is 15.8. The van der Waals surface area contributed by atoms with E-state index < -0.39 is 5.79 Å². The molecule has 0 saturated carbocycles. The molecule has 0 saturated heterocycles. The van der Waals surface area contributed by atoms with Crippen molar-refractivity contribution in [3.05, 3.63) is 42.2 Å². The highest BCUT2D eigenvalue weighted by atomic mass is 16.7. The molecule has 0 amide bonds. The molecule has 2 rings (SSSR count). The van der Waals surface area contributed by atoms with Gasteiger partial charge in [-0.25, -0.2) is 0 Å². The minimum Gasteiger partial charge on any atom is -0.497 e. The Bertz CT molecular complexity index is 584. The molecule has 0 aliphatic carbocycles. The van der Waals surface area contributed by atoms with Crippen LogP contribution in [-0.2, 0) is 19.1 Å². The quantitative estimate of drug-likeness (QED) is 0.439. The third kappa shape index (κ3) is 4.74. The topological polar surface area (TPSA) is 66.4 Å². The summed E-state index contributed by atoms with van der Waals surface area (Å²) in [4.78, 5) is 16.9. The van der Waals surface area contributed by atoms with Gasteiger partial charge in [0.25, 0.3) is 5.79 Å². The van der Waals surface area contributed by atoms with Crippen molar-refractivity contribution in [2.75, 3.05) is 14.2 Å².